The van der Waals surface area contributed by atoms with E-state index in [1.807, 2.05) is 0 Å². The summed E-state index contributed by atoms with van der Waals surface area (Å²) in [4.78, 5) is 8.59. The van der Waals surface area contributed by atoms with Gasteiger partial charge in [0.15, 0.2) is 5.82 Å². The maximum atomic E-state index is 5.80. The molecule has 1 aromatic carbocycles. The van der Waals surface area contributed by atoms with Gasteiger partial charge >= 0.3 is 0 Å². The van der Waals surface area contributed by atoms with E-state index in [-0.39, 0.29) is 0 Å². The minimum absolute atomic E-state index is 0.363. The number of nitrogens with zero attached hydrogens (tertiary/aromatic N) is 2. The fraction of sp³-hybridized carbons (Fsp3) is 0.333. The summed E-state index contributed by atoms with van der Waals surface area (Å²) in [5.41, 5.74) is 8.97. The van der Waals surface area contributed by atoms with Gasteiger partial charge < -0.3 is 10.5 Å². The van der Waals surface area contributed by atoms with Crippen LogP contribution in [0.15, 0.2) is 30.3 Å². The van der Waals surface area contributed by atoms with Gasteiger partial charge in [0.2, 0.25) is 0 Å². The summed E-state index contributed by atoms with van der Waals surface area (Å²) in [5, 5.41) is 0. The van der Waals surface area contributed by atoms with E-state index in [9.17, 15) is 0 Å². The highest BCUT2D eigenvalue weighted by atomic mass is 16.5. The SMILES string of the molecule is COCc1nc(N)cc(-c2ccc(C(C)C)cc2)n1. The number of benzene rings is 1. The summed E-state index contributed by atoms with van der Waals surface area (Å²) in [5.74, 6) is 1.59. The molecule has 0 saturated heterocycles. The average Bonchev–Trinajstić information content (AvgIpc) is 2.38. The van der Waals surface area contributed by atoms with Crippen LogP contribution >= 0.6 is 0 Å². The van der Waals surface area contributed by atoms with Gasteiger partial charge in [0.1, 0.15) is 12.4 Å². The number of hydrogen-bond donors (Lipinski definition) is 1. The number of nitrogen functional groups attached to an aromatic ring is 1. The van der Waals surface area contributed by atoms with Gasteiger partial charge in [-0.25, -0.2) is 9.97 Å². The molecule has 1 aromatic heterocycles. The van der Waals surface area contributed by atoms with Crippen LogP contribution in [0.3, 0.4) is 0 Å². The van der Waals surface area contributed by atoms with Crippen molar-refractivity contribution in [2.45, 2.75) is 26.4 Å². The minimum atomic E-state index is 0.363. The Morgan fingerprint density at radius 1 is 1.16 bits per heavy atom. The Bertz CT molecular complexity index is 550. The molecule has 0 aliphatic heterocycles. The molecule has 2 N–H and O–H groups in total. The number of nitrogens with two attached hydrogens (primary N) is 1. The maximum absolute atomic E-state index is 5.80. The van der Waals surface area contributed by atoms with Crippen LogP contribution in [0.2, 0.25) is 0 Å². The molecule has 0 unspecified atom stereocenters. The Morgan fingerprint density at radius 2 is 1.84 bits per heavy atom. The first-order chi connectivity index (χ1) is 9.10. The zero-order valence-electron chi connectivity index (χ0n) is 11.6. The topological polar surface area (TPSA) is 61.0 Å². The molecule has 19 heavy (non-hydrogen) atoms. The molecule has 0 aliphatic carbocycles. The van der Waals surface area contributed by atoms with E-state index < -0.39 is 0 Å². The third-order valence-corrected chi connectivity index (χ3v) is 2.94. The quantitative estimate of drug-likeness (QED) is 0.914. The average molecular weight is 257 g/mol. The van der Waals surface area contributed by atoms with E-state index >= 15 is 0 Å². The molecule has 2 aromatic rings. The fourth-order valence-electron chi connectivity index (χ4n) is 1.90. The summed E-state index contributed by atoms with van der Waals surface area (Å²) >= 11 is 0. The Morgan fingerprint density at radius 3 is 2.42 bits per heavy atom. The van der Waals surface area contributed by atoms with E-state index in [1.54, 1.807) is 13.2 Å². The molecule has 0 atom stereocenters. The number of anilines is 1. The van der Waals surface area contributed by atoms with Crippen molar-refractivity contribution in [3.63, 3.8) is 0 Å². The number of methoxy groups -OCH3 is 1. The second-order valence-corrected chi connectivity index (χ2v) is 4.80. The van der Waals surface area contributed by atoms with Gasteiger partial charge in [0.05, 0.1) is 5.69 Å². The number of hydrogen-bond acceptors (Lipinski definition) is 4. The summed E-state index contributed by atoms with van der Waals surface area (Å²) < 4.78 is 5.04. The Hall–Kier alpha value is -1.94. The summed E-state index contributed by atoms with van der Waals surface area (Å²) in [6.07, 6.45) is 0. The molecule has 0 spiro atoms. The molecule has 0 saturated carbocycles. The Balaban J connectivity index is 2.35. The lowest BCUT2D eigenvalue weighted by Gasteiger charge is -2.08. The predicted molar refractivity (Wildman–Crippen MR) is 76.7 cm³/mol. The fourth-order valence-corrected chi connectivity index (χ4v) is 1.90. The largest absolute Gasteiger partial charge is 0.384 e. The van der Waals surface area contributed by atoms with Gasteiger partial charge in [0.25, 0.3) is 0 Å². The predicted octanol–water partition coefficient (Wildman–Crippen LogP) is 3.00. The number of aromatic nitrogens is 2. The van der Waals surface area contributed by atoms with Crippen LogP contribution in [0.1, 0.15) is 31.2 Å². The second-order valence-electron chi connectivity index (χ2n) is 4.80. The molecule has 100 valence electrons. The summed E-state index contributed by atoms with van der Waals surface area (Å²) in [6, 6.07) is 10.1. The van der Waals surface area contributed by atoms with Gasteiger partial charge in [-0.3, -0.25) is 0 Å². The van der Waals surface area contributed by atoms with Crippen LogP contribution in [-0.4, -0.2) is 17.1 Å². The maximum Gasteiger partial charge on any atom is 0.157 e. The molecule has 2 rings (SSSR count). The first-order valence-electron chi connectivity index (χ1n) is 6.33. The van der Waals surface area contributed by atoms with Crippen molar-refractivity contribution in [2.75, 3.05) is 12.8 Å². The second kappa shape index (κ2) is 5.80. The highest BCUT2D eigenvalue weighted by Crippen LogP contribution is 2.22. The highest BCUT2D eigenvalue weighted by Gasteiger charge is 2.06. The lowest BCUT2D eigenvalue weighted by molar-refractivity contribution is 0.178. The van der Waals surface area contributed by atoms with Crippen LogP contribution in [0.25, 0.3) is 11.3 Å². The van der Waals surface area contributed by atoms with E-state index in [2.05, 4.69) is 48.1 Å². The molecule has 0 amide bonds. The minimum Gasteiger partial charge on any atom is -0.384 e. The van der Waals surface area contributed by atoms with Gasteiger partial charge in [-0.15, -0.1) is 0 Å². The molecular weight excluding hydrogens is 238 g/mol. The van der Waals surface area contributed by atoms with Crippen molar-refractivity contribution in [2.24, 2.45) is 0 Å². The first-order valence-corrected chi connectivity index (χ1v) is 6.33. The third-order valence-electron chi connectivity index (χ3n) is 2.94. The van der Waals surface area contributed by atoms with Crippen molar-refractivity contribution in [3.05, 3.63) is 41.7 Å². The molecule has 0 radical (unpaired) electrons. The van der Waals surface area contributed by atoms with E-state index in [4.69, 9.17) is 10.5 Å². The monoisotopic (exact) mass is 257 g/mol. The van der Waals surface area contributed by atoms with Crippen molar-refractivity contribution < 1.29 is 4.74 Å². The van der Waals surface area contributed by atoms with Crippen molar-refractivity contribution >= 4 is 5.82 Å². The third kappa shape index (κ3) is 3.29. The normalized spacial score (nSPS) is 10.9. The first kappa shape index (κ1) is 13.5. The van der Waals surface area contributed by atoms with Crippen LogP contribution < -0.4 is 5.73 Å². The molecule has 0 bridgehead atoms. The van der Waals surface area contributed by atoms with Crippen LogP contribution in [-0.2, 0) is 11.3 Å². The molecule has 4 nitrogen and oxygen atoms in total. The van der Waals surface area contributed by atoms with Gasteiger partial charge in [-0.1, -0.05) is 38.1 Å². The standard InChI is InChI=1S/C15H19N3O/c1-10(2)11-4-6-12(7-5-11)13-8-14(16)18-15(17-13)9-19-3/h4-8,10H,9H2,1-3H3,(H2,16,17,18). The van der Waals surface area contributed by atoms with Gasteiger partial charge in [-0.2, -0.15) is 0 Å². The number of ether oxygens (including phenoxy) is 1. The van der Waals surface area contributed by atoms with Crippen LogP contribution in [0.4, 0.5) is 5.82 Å². The van der Waals surface area contributed by atoms with Gasteiger partial charge in [0, 0.05) is 18.7 Å². The molecule has 4 heteroatoms. The van der Waals surface area contributed by atoms with Crippen molar-refractivity contribution in [1.29, 1.82) is 0 Å². The van der Waals surface area contributed by atoms with E-state index in [1.165, 1.54) is 5.56 Å². The van der Waals surface area contributed by atoms with Gasteiger partial charge in [-0.05, 0) is 11.5 Å². The van der Waals surface area contributed by atoms with E-state index in [0.717, 1.165) is 11.3 Å². The van der Waals surface area contributed by atoms with Crippen LogP contribution in [0, 0.1) is 0 Å². The zero-order valence-corrected chi connectivity index (χ0v) is 11.6. The summed E-state index contributed by atoms with van der Waals surface area (Å²) in [7, 11) is 1.61. The highest BCUT2D eigenvalue weighted by molar-refractivity contribution is 5.62. The Kier molecular flexibility index (Phi) is 4.12. The molecule has 0 fully saturated rings. The molecular formula is C15H19N3O. The van der Waals surface area contributed by atoms with Crippen molar-refractivity contribution in [1.82, 2.24) is 9.97 Å². The Labute approximate surface area is 113 Å². The summed E-state index contributed by atoms with van der Waals surface area (Å²) in [6.45, 7) is 4.71. The van der Waals surface area contributed by atoms with Crippen LogP contribution in [0.5, 0.6) is 0 Å². The lowest BCUT2D eigenvalue weighted by Crippen LogP contribution is -2.02. The zero-order chi connectivity index (χ0) is 13.8. The smallest absolute Gasteiger partial charge is 0.157 e. The lowest BCUT2D eigenvalue weighted by atomic mass is 10.0. The number of rotatable bonds is 4. The van der Waals surface area contributed by atoms with Crippen molar-refractivity contribution in [3.8, 4) is 11.3 Å². The molecule has 1 heterocycles. The molecule has 0 aliphatic rings. The van der Waals surface area contributed by atoms with E-state index in [0.29, 0.717) is 24.2 Å².